The molecule has 3 atom stereocenters. The van der Waals surface area contributed by atoms with Gasteiger partial charge in [-0.2, -0.15) is 0 Å². The molecule has 2 aromatic rings. The minimum absolute atomic E-state index is 0.0408. The van der Waals surface area contributed by atoms with Crippen LogP contribution < -0.4 is 14.8 Å². The Morgan fingerprint density at radius 2 is 2.03 bits per heavy atom. The Hall–Kier alpha value is -2.56. The van der Waals surface area contributed by atoms with Gasteiger partial charge in [-0.15, -0.1) is 6.42 Å². The molecular formula is C27H29BrN2O3S. The minimum atomic E-state index is -0.184. The summed E-state index contributed by atoms with van der Waals surface area (Å²) in [6.07, 6.45) is 11.8. The fraction of sp³-hybridized carbons (Fsp3) is 0.370. The lowest BCUT2D eigenvalue weighted by atomic mass is 9.85. The number of nitrogens with zero attached hydrogens (tertiary/aromatic N) is 1. The smallest absolute Gasteiger partial charge is 0.262 e. The highest BCUT2D eigenvalue weighted by Crippen LogP contribution is 2.44. The number of carbonyl (C=O) groups is 1. The fourth-order valence-corrected chi connectivity index (χ4v) is 6.28. The van der Waals surface area contributed by atoms with Crippen molar-refractivity contribution >= 4 is 45.4 Å². The van der Waals surface area contributed by atoms with Crippen LogP contribution in [-0.2, 0) is 4.79 Å². The number of hydrogen-bond donors (Lipinski definition) is 1. The Morgan fingerprint density at radius 3 is 2.74 bits per heavy atom. The molecule has 7 heteroatoms. The molecule has 2 aliphatic rings. The number of ether oxygens (including phenoxy) is 2. The molecule has 1 saturated carbocycles. The summed E-state index contributed by atoms with van der Waals surface area (Å²) in [5.74, 6) is 4.09. The van der Waals surface area contributed by atoms with Gasteiger partial charge in [-0.1, -0.05) is 71.6 Å². The van der Waals surface area contributed by atoms with Gasteiger partial charge in [0, 0.05) is 21.8 Å². The maximum atomic E-state index is 13.8. The molecule has 1 saturated heterocycles. The summed E-state index contributed by atoms with van der Waals surface area (Å²) in [6.45, 7) is 2.37. The van der Waals surface area contributed by atoms with E-state index in [-0.39, 0.29) is 24.1 Å². The third-order valence-corrected chi connectivity index (χ3v) is 7.85. The maximum absolute atomic E-state index is 13.8. The first-order chi connectivity index (χ1) is 16.5. The molecule has 0 radical (unpaired) electrons. The molecule has 1 amide bonds. The first-order valence-electron chi connectivity index (χ1n) is 11.5. The number of benzene rings is 2. The molecule has 0 spiro atoms. The number of methoxy groups -OCH3 is 1. The molecule has 2 fully saturated rings. The molecule has 1 unspecified atom stereocenters. The summed E-state index contributed by atoms with van der Waals surface area (Å²) in [4.78, 5) is 16.5. The topological polar surface area (TPSA) is 50.8 Å². The van der Waals surface area contributed by atoms with Gasteiger partial charge in [0.25, 0.3) is 5.91 Å². The van der Waals surface area contributed by atoms with Crippen molar-refractivity contribution in [3.05, 3.63) is 57.4 Å². The van der Waals surface area contributed by atoms with Gasteiger partial charge in [-0.25, -0.2) is 0 Å². The van der Waals surface area contributed by atoms with E-state index >= 15 is 0 Å². The van der Waals surface area contributed by atoms with Gasteiger partial charge in [0.15, 0.2) is 17.0 Å². The Morgan fingerprint density at radius 1 is 1.26 bits per heavy atom. The highest BCUT2D eigenvalue weighted by molar-refractivity contribution is 9.10. The van der Waals surface area contributed by atoms with Crippen LogP contribution in [0.15, 0.2) is 51.8 Å². The third kappa shape index (κ3) is 5.39. The van der Waals surface area contributed by atoms with Crippen LogP contribution >= 0.6 is 27.7 Å². The van der Waals surface area contributed by atoms with E-state index in [1.165, 1.54) is 18.2 Å². The summed E-state index contributed by atoms with van der Waals surface area (Å²) >= 11 is 5.08. The molecule has 34 heavy (non-hydrogen) atoms. The van der Waals surface area contributed by atoms with Crippen LogP contribution in [0.3, 0.4) is 0 Å². The van der Waals surface area contributed by atoms with E-state index in [4.69, 9.17) is 15.9 Å². The molecule has 1 aliphatic carbocycles. The number of carbonyl (C=O) groups excluding carboxylic acids is 1. The second-order valence-electron chi connectivity index (χ2n) is 8.55. The van der Waals surface area contributed by atoms with Crippen molar-refractivity contribution in [3.8, 4) is 23.8 Å². The molecule has 5 nitrogen and oxygen atoms in total. The van der Waals surface area contributed by atoms with Crippen molar-refractivity contribution in [2.24, 2.45) is 5.92 Å². The highest BCUT2D eigenvalue weighted by atomic mass is 79.9. The van der Waals surface area contributed by atoms with Crippen LogP contribution in [0.25, 0.3) is 6.08 Å². The molecule has 1 aliphatic heterocycles. The summed E-state index contributed by atoms with van der Waals surface area (Å²) in [5.41, 5.74) is 1.55. The van der Waals surface area contributed by atoms with E-state index in [1.807, 2.05) is 53.4 Å². The van der Waals surface area contributed by atoms with Crippen molar-refractivity contribution in [2.45, 2.75) is 44.1 Å². The van der Waals surface area contributed by atoms with E-state index < -0.39 is 0 Å². The van der Waals surface area contributed by atoms with Gasteiger partial charge in [0.05, 0.1) is 12.0 Å². The Bertz CT molecular complexity index is 1100. The summed E-state index contributed by atoms with van der Waals surface area (Å²) in [5, 5.41) is 3.57. The third-order valence-electron chi connectivity index (χ3n) is 6.28. The van der Waals surface area contributed by atoms with Gasteiger partial charge in [-0.3, -0.25) is 4.79 Å². The van der Waals surface area contributed by atoms with Crippen LogP contribution in [0, 0.1) is 18.3 Å². The van der Waals surface area contributed by atoms with Crippen molar-refractivity contribution in [2.75, 3.05) is 19.0 Å². The number of anilines is 1. The summed E-state index contributed by atoms with van der Waals surface area (Å²) in [6, 6.07) is 14.0. The number of thioether (sulfide) groups is 1. The van der Waals surface area contributed by atoms with E-state index in [2.05, 4.69) is 34.1 Å². The second-order valence-corrected chi connectivity index (χ2v) is 10.6. The lowest BCUT2D eigenvalue weighted by Crippen LogP contribution is -2.48. The fourth-order valence-electron chi connectivity index (χ4n) is 4.62. The zero-order chi connectivity index (χ0) is 24.1. The van der Waals surface area contributed by atoms with Gasteiger partial charge in [-0.05, 0) is 49.1 Å². The number of terminal acetylenes is 1. The van der Waals surface area contributed by atoms with E-state index in [9.17, 15) is 4.79 Å². The largest absolute Gasteiger partial charge is 0.493 e. The lowest BCUT2D eigenvalue weighted by Gasteiger charge is -2.39. The van der Waals surface area contributed by atoms with E-state index in [1.54, 1.807) is 7.11 Å². The number of para-hydroxylation sites is 1. The SMILES string of the molecule is C#CCOc1c(/C=C2\SC(Nc3ccccc3)N([C@@H]3CCCC[C@H]3C)C2=O)cc(Br)cc1OC. The normalized spacial score (nSPS) is 23.6. The van der Waals surface area contributed by atoms with Crippen molar-refractivity contribution < 1.29 is 14.3 Å². The Labute approximate surface area is 214 Å². The van der Waals surface area contributed by atoms with Crippen LogP contribution in [0.2, 0.25) is 0 Å². The predicted octanol–water partition coefficient (Wildman–Crippen LogP) is 6.36. The number of hydrogen-bond acceptors (Lipinski definition) is 5. The Balaban J connectivity index is 1.72. The molecule has 0 bridgehead atoms. The number of halogens is 1. The number of amides is 1. The number of rotatable bonds is 7. The standard InChI is InChI=1S/C27H29BrN2O3S/c1-4-14-33-25-19(15-20(28)17-23(25)32-3)16-24-26(31)30(22-13-9-8-10-18(22)2)27(34-24)29-21-11-6-5-7-12-21/h1,5-7,11-12,15-18,22,27,29H,8-10,13-14H2,2-3H3/b24-16-/t18-,22-,27?/m1/s1. The average Bonchev–Trinajstić information content (AvgIpc) is 3.13. The Kier molecular flexibility index (Phi) is 8.12. The van der Waals surface area contributed by atoms with Gasteiger partial charge >= 0.3 is 0 Å². The van der Waals surface area contributed by atoms with Gasteiger partial charge < -0.3 is 19.7 Å². The van der Waals surface area contributed by atoms with E-state index in [0.717, 1.165) is 35.0 Å². The van der Waals surface area contributed by atoms with Crippen molar-refractivity contribution in [1.82, 2.24) is 4.90 Å². The van der Waals surface area contributed by atoms with Gasteiger partial charge in [0.1, 0.15) is 6.61 Å². The molecule has 4 rings (SSSR count). The number of nitrogens with one attached hydrogen (secondary N) is 1. The second kappa shape index (κ2) is 11.2. The summed E-state index contributed by atoms with van der Waals surface area (Å²) in [7, 11) is 1.59. The van der Waals surface area contributed by atoms with Crippen LogP contribution in [-0.4, -0.2) is 36.1 Å². The molecule has 2 aromatic carbocycles. The quantitative estimate of drug-likeness (QED) is 0.327. The van der Waals surface area contributed by atoms with Crippen LogP contribution in [0.4, 0.5) is 5.69 Å². The van der Waals surface area contributed by atoms with Gasteiger partial charge in [0.2, 0.25) is 0 Å². The first-order valence-corrected chi connectivity index (χ1v) is 13.2. The molecule has 1 heterocycles. The highest BCUT2D eigenvalue weighted by Gasteiger charge is 2.43. The predicted molar refractivity (Wildman–Crippen MR) is 143 cm³/mol. The average molecular weight is 542 g/mol. The zero-order valence-corrected chi connectivity index (χ0v) is 21.8. The first kappa shape index (κ1) is 24.6. The molecule has 1 N–H and O–H groups in total. The van der Waals surface area contributed by atoms with Crippen molar-refractivity contribution in [3.63, 3.8) is 0 Å². The molecule has 0 aromatic heterocycles. The zero-order valence-electron chi connectivity index (χ0n) is 19.4. The van der Waals surface area contributed by atoms with E-state index in [0.29, 0.717) is 22.3 Å². The minimum Gasteiger partial charge on any atom is -0.493 e. The van der Waals surface area contributed by atoms with Crippen molar-refractivity contribution in [1.29, 1.82) is 0 Å². The monoisotopic (exact) mass is 540 g/mol. The molecular weight excluding hydrogens is 512 g/mol. The lowest BCUT2D eigenvalue weighted by molar-refractivity contribution is -0.129. The maximum Gasteiger partial charge on any atom is 0.262 e. The van der Waals surface area contributed by atoms with Crippen LogP contribution in [0.5, 0.6) is 11.5 Å². The summed E-state index contributed by atoms with van der Waals surface area (Å²) < 4.78 is 12.2. The van der Waals surface area contributed by atoms with Crippen LogP contribution in [0.1, 0.15) is 38.2 Å². The molecule has 178 valence electrons.